The van der Waals surface area contributed by atoms with Crippen LogP contribution in [0.2, 0.25) is 0 Å². The lowest BCUT2D eigenvalue weighted by molar-refractivity contribution is -0.114. The van der Waals surface area contributed by atoms with Crippen molar-refractivity contribution in [3.05, 3.63) is 12.3 Å². The summed E-state index contributed by atoms with van der Waals surface area (Å²) in [6.45, 7) is -0.0324. The molecule has 0 saturated carbocycles. The largest absolute Gasteiger partial charge is 0.465 e. The SMILES string of the molecule is O=C1C=CN(C(=O)O)C1. The lowest BCUT2D eigenvalue weighted by atomic mass is 10.4. The molecular formula is C5H5NO3. The fraction of sp³-hybridized carbons (Fsp3) is 0.200. The molecule has 0 spiro atoms. The van der Waals surface area contributed by atoms with Crippen LogP contribution < -0.4 is 0 Å². The number of carbonyl (C=O) groups excluding carboxylic acids is 1. The summed E-state index contributed by atoms with van der Waals surface area (Å²) in [5, 5.41) is 8.25. The molecule has 1 N–H and O–H groups in total. The molecule has 9 heavy (non-hydrogen) atoms. The van der Waals surface area contributed by atoms with Crippen molar-refractivity contribution >= 4 is 11.9 Å². The van der Waals surface area contributed by atoms with Crippen LogP contribution in [-0.2, 0) is 4.79 Å². The standard InChI is InChI=1S/C5H5NO3/c7-4-1-2-6(3-4)5(8)9/h1-2H,3H2,(H,8,9). The summed E-state index contributed by atoms with van der Waals surface area (Å²) in [5.41, 5.74) is 0. The van der Waals surface area contributed by atoms with Gasteiger partial charge in [0, 0.05) is 6.20 Å². The second-order valence-electron chi connectivity index (χ2n) is 1.69. The third-order valence-electron chi connectivity index (χ3n) is 1.01. The van der Waals surface area contributed by atoms with Crippen molar-refractivity contribution in [1.82, 2.24) is 4.90 Å². The molecule has 0 saturated heterocycles. The maximum absolute atomic E-state index is 10.4. The van der Waals surface area contributed by atoms with Gasteiger partial charge in [0.25, 0.3) is 0 Å². The predicted octanol–water partition coefficient (Wildman–Crippen LogP) is 0.0628. The Balaban J connectivity index is 2.60. The Morgan fingerprint density at radius 3 is 2.67 bits per heavy atom. The summed E-state index contributed by atoms with van der Waals surface area (Å²) >= 11 is 0. The van der Waals surface area contributed by atoms with E-state index in [4.69, 9.17) is 5.11 Å². The smallest absolute Gasteiger partial charge is 0.411 e. The van der Waals surface area contributed by atoms with Crippen LogP contribution in [-0.4, -0.2) is 28.4 Å². The quantitative estimate of drug-likeness (QED) is 0.500. The molecule has 1 heterocycles. The van der Waals surface area contributed by atoms with Gasteiger partial charge in [-0.2, -0.15) is 0 Å². The molecule has 0 bridgehead atoms. The number of hydrogen-bond acceptors (Lipinski definition) is 2. The van der Waals surface area contributed by atoms with Gasteiger partial charge in [0.1, 0.15) is 0 Å². The minimum absolute atomic E-state index is 0.0324. The van der Waals surface area contributed by atoms with E-state index < -0.39 is 6.09 Å². The van der Waals surface area contributed by atoms with Crippen LogP contribution in [0.15, 0.2) is 12.3 Å². The second kappa shape index (κ2) is 1.89. The van der Waals surface area contributed by atoms with Gasteiger partial charge in [-0.05, 0) is 6.08 Å². The Hall–Kier alpha value is -1.32. The number of carboxylic acid groups (broad SMARTS) is 1. The van der Waals surface area contributed by atoms with E-state index in [1.54, 1.807) is 0 Å². The zero-order chi connectivity index (χ0) is 6.85. The lowest BCUT2D eigenvalue weighted by Crippen LogP contribution is -2.23. The van der Waals surface area contributed by atoms with E-state index in [9.17, 15) is 9.59 Å². The van der Waals surface area contributed by atoms with Gasteiger partial charge in [-0.1, -0.05) is 0 Å². The van der Waals surface area contributed by atoms with Gasteiger partial charge in [-0.15, -0.1) is 0 Å². The highest BCUT2D eigenvalue weighted by atomic mass is 16.4. The van der Waals surface area contributed by atoms with E-state index in [0.717, 1.165) is 4.90 Å². The molecule has 1 amide bonds. The van der Waals surface area contributed by atoms with Crippen molar-refractivity contribution in [2.24, 2.45) is 0 Å². The summed E-state index contributed by atoms with van der Waals surface area (Å²) in [4.78, 5) is 21.4. The highest BCUT2D eigenvalue weighted by Gasteiger charge is 2.16. The van der Waals surface area contributed by atoms with Gasteiger partial charge in [0.05, 0.1) is 6.54 Å². The number of nitrogens with zero attached hydrogens (tertiary/aromatic N) is 1. The molecule has 1 aliphatic heterocycles. The molecule has 4 heteroatoms. The normalized spacial score (nSPS) is 16.9. The molecule has 0 aromatic carbocycles. The molecule has 0 aliphatic carbocycles. The fourth-order valence-electron chi connectivity index (χ4n) is 0.578. The maximum atomic E-state index is 10.4. The van der Waals surface area contributed by atoms with Gasteiger partial charge >= 0.3 is 6.09 Å². The number of rotatable bonds is 0. The van der Waals surface area contributed by atoms with Crippen LogP contribution in [0.25, 0.3) is 0 Å². The predicted molar refractivity (Wildman–Crippen MR) is 28.9 cm³/mol. The average Bonchev–Trinajstić information content (AvgIpc) is 2.14. The van der Waals surface area contributed by atoms with Crippen molar-refractivity contribution in [2.75, 3.05) is 6.54 Å². The van der Waals surface area contributed by atoms with E-state index in [1.807, 2.05) is 0 Å². The average molecular weight is 127 g/mol. The lowest BCUT2D eigenvalue weighted by Gasteiger charge is -2.04. The van der Waals surface area contributed by atoms with Gasteiger partial charge in [-0.25, -0.2) is 4.79 Å². The first-order valence-electron chi connectivity index (χ1n) is 2.41. The molecule has 1 aliphatic rings. The van der Waals surface area contributed by atoms with E-state index in [0.29, 0.717) is 0 Å². The minimum Gasteiger partial charge on any atom is -0.465 e. The van der Waals surface area contributed by atoms with Crippen LogP contribution in [0.1, 0.15) is 0 Å². The van der Waals surface area contributed by atoms with Crippen molar-refractivity contribution in [3.8, 4) is 0 Å². The zero-order valence-corrected chi connectivity index (χ0v) is 4.57. The highest BCUT2D eigenvalue weighted by Crippen LogP contribution is 1.99. The maximum Gasteiger partial charge on any atom is 0.411 e. The number of hydrogen-bond donors (Lipinski definition) is 1. The van der Waals surface area contributed by atoms with Crippen LogP contribution in [0, 0.1) is 0 Å². The topological polar surface area (TPSA) is 57.6 Å². The fourth-order valence-corrected chi connectivity index (χ4v) is 0.578. The molecule has 0 radical (unpaired) electrons. The van der Waals surface area contributed by atoms with Crippen LogP contribution in [0.4, 0.5) is 4.79 Å². The zero-order valence-electron chi connectivity index (χ0n) is 4.57. The first kappa shape index (κ1) is 5.81. The Morgan fingerprint density at radius 2 is 2.44 bits per heavy atom. The molecule has 48 valence electrons. The van der Waals surface area contributed by atoms with Crippen LogP contribution in [0.3, 0.4) is 0 Å². The first-order valence-corrected chi connectivity index (χ1v) is 2.41. The van der Waals surface area contributed by atoms with E-state index >= 15 is 0 Å². The molecular weight excluding hydrogens is 122 g/mol. The Labute approximate surface area is 51.4 Å². The summed E-state index contributed by atoms with van der Waals surface area (Å²) < 4.78 is 0. The van der Waals surface area contributed by atoms with Crippen molar-refractivity contribution in [3.63, 3.8) is 0 Å². The van der Waals surface area contributed by atoms with Gasteiger partial charge in [0.2, 0.25) is 0 Å². The number of carbonyl (C=O) groups is 2. The molecule has 0 atom stereocenters. The molecule has 1 rings (SSSR count). The Morgan fingerprint density at radius 1 is 1.78 bits per heavy atom. The van der Waals surface area contributed by atoms with Crippen LogP contribution in [0.5, 0.6) is 0 Å². The molecule has 4 nitrogen and oxygen atoms in total. The number of amides is 1. The third-order valence-corrected chi connectivity index (χ3v) is 1.01. The molecule has 0 fully saturated rings. The number of ketones is 1. The summed E-state index contributed by atoms with van der Waals surface area (Å²) in [6.07, 6.45) is 1.41. The summed E-state index contributed by atoms with van der Waals surface area (Å²) in [6, 6.07) is 0. The monoisotopic (exact) mass is 127 g/mol. The Bertz CT molecular complexity index is 185. The molecule has 0 aromatic heterocycles. The minimum atomic E-state index is -1.09. The van der Waals surface area contributed by atoms with Crippen molar-refractivity contribution in [2.45, 2.75) is 0 Å². The Kier molecular flexibility index (Phi) is 1.22. The highest BCUT2D eigenvalue weighted by molar-refractivity contribution is 5.96. The van der Waals surface area contributed by atoms with Crippen molar-refractivity contribution < 1.29 is 14.7 Å². The van der Waals surface area contributed by atoms with Crippen molar-refractivity contribution in [1.29, 1.82) is 0 Å². The van der Waals surface area contributed by atoms with E-state index in [-0.39, 0.29) is 12.3 Å². The van der Waals surface area contributed by atoms with E-state index in [1.165, 1.54) is 12.3 Å². The summed E-state index contributed by atoms with van der Waals surface area (Å²) in [5.74, 6) is -0.169. The van der Waals surface area contributed by atoms with Gasteiger partial charge in [0.15, 0.2) is 5.78 Å². The summed E-state index contributed by atoms with van der Waals surface area (Å²) in [7, 11) is 0. The molecule has 0 aromatic rings. The molecule has 0 unspecified atom stereocenters. The van der Waals surface area contributed by atoms with Crippen LogP contribution >= 0.6 is 0 Å². The second-order valence-corrected chi connectivity index (χ2v) is 1.69. The third kappa shape index (κ3) is 1.07. The van der Waals surface area contributed by atoms with E-state index in [2.05, 4.69) is 0 Å². The first-order chi connectivity index (χ1) is 4.20. The van der Waals surface area contributed by atoms with Gasteiger partial charge in [-0.3, -0.25) is 9.69 Å². The van der Waals surface area contributed by atoms with Gasteiger partial charge < -0.3 is 5.11 Å².